The average Bonchev–Trinajstić information content (AvgIpc) is 2.14. The van der Waals surface area contributed by atoms with Crippen molar-refractivity contribution in [3.63, 3.8) is 0 Å². The van der Waals surface area contributed by atoms with Gasteiger partial charge in [-0.05, 0) is 19.3 Å². The Labute approximate surface area is 86.9 Å². The van der Waals surface area contributed by atoms with Crippen LogP contribution in [-0.4, -0.2) is 37.7 Å². The van der Waals surface area contributed by atoms with Gasteiger partial charge in [-0.2, -0.15) is 0 Å². The lowest BCUT2D eigenvalue weighted by Crippen LogP contribution is -2.55. The number of carbonyl (C=O) groups excluding carboxylic acids is 1. The first kappa shape index (κ1) is 13.5. The summed E-state index contributed by atoms with van der Waals surface area (Å²) in [5.74, 6) is 0.220. The fourth-order valence-electron chi connectivity index (χ4n) is 0.967. The van der Waals surface area contributed by atoms with Crippen LogP contribution in [0.15, 0.2) is 0 Å². The van der Waals surface area contributed by atoms with Crippen LogP contribution in [0.3, 0.4) is 0 Å². The van der Waals surface area contributed by atoms with E-state index in [0.717, 1.165) is 0 Å². The molecule has 2 radical (unpaired) electrons. The van der Waals surface area contributed by atoms with Gasteiger partial charge in [-0.15, -0.1) is 0 Å². The van der Waals surface area contributed by atoms with E-state index in [1.807, 2.05) is 13.8 Å². The number of rotatable bonds is 6. The van der Waals surface area contributed by atoms with Crippen LogP contribution in [0.5, 0.6) is 0 Å². The third-order valence-electron chi connectivity index (χ3n) is 2.10. The van der Waals surface area contributed by atoms with Gasteiger partial charge in [-0.3, -0.25) is 4.79 Å². The second kappa shape index (κ2) is 6.04. The Morgan fingerprint density at radius 1 is 1.57 bits per heavy atom. The Morgan fingerprint density at radius 2 is 2.14 bits per heavy atom. The summed E-state index contributed by atoms with van der Waals surface area (Å²) in [5, 5.41) is 14.0. The molecular formula is C9H19BN2O2. The Balaban J connectivity index is 4.16. The van der Waals surface area contributed by atoms with Gasteiger partial charge in [0.25, 0.3) is 0 Å². The lowest BCUT2D eigenvalue weighted by molar-refractivity contribution is -0.127. The Hall–Kier alpha value is -0.545. The molecule has 0 spiro atoms. The van der Waals surface area contributed by atoms with Gasteiger partial charge >= 0.3 is 0 Å². The fourth-order valence-corrected chi connectivity index (χ4v) is 0.967. The zero-order valence-corrected chi connectivity index (χ0v) is 9.13. The van der Waals surface area contributed by atoms with Gasteiger partial charge < -0.3 is 15.7 Å². The molecule has 0 fully saturated rings. The minimum Gasteiger partial charge on any atom is -0.396 e. The highest BCUT2D eigenvalue weighted by molar-refractivity contribution is 6.07. The summed E-state index contributed by atoms with van der Waals surface area (Å²) >= 11 is 0. The molecule has 3 N–H and O–H groups in total. The lowest BCUT2D eigenvalue weighted by atomic mass is 9.94. The van der Waals surface area contributed by atoms with Gasteiger partial charge in [-0.25, -0.2) is 0 Å². The van der Waals surface area contributed by atoms with Gasteiger partial charge in [-0.1, -0.05) is 13.8 Å². The van der Waals surface area contributed by atoms with E-state index in [2.05, 4.69) is 10.5 Å². The van der Waals surface area contributed by atoms with Crippen LogP contribution in [0.2, 0.25) is 0 Å². The summed E-state index contributed by atoms with van der Waals surface area (Å²) in [5.41, 5.74) is -0.885. The van der Waals surface area contributed by atoms with E-state index < -0.39 is 5.54 Å². The number of nitrogens with one attached hydrogen (secondary N) is 2. The topological polar surface area (TPSA) is 61.4 Å². The second-order valence-corrected chi connectivity index (χ2v) is 4.05. The molecule has 0 saturated heterocycles. The van der Waals surface area contributed by atoms with Crippen molar-refractivity contribution in [1.29, 1.82) is 0 Å². The molecule has 1 unspecified atom stereocenters. The van der Waals surface area contributed by atoms with Crippen molar-refractivity contribution in [3.05, 3.63) is 0 Å². The maximum absolute atomic E-state index is 11.6. The monoisotopic (exact) mass is 198 g/mol. The minimum atomic E-state index is -0.885. The first-order valence-electron chi connectivity index (χ1n) is 4.83. The summed E-state index contributed by atoms with van der Waals surface area (Å²) in [6, 6.07) is 0. The standard InChI is InChI=1S/C9H19BN2O2/c1-7(2)6-11-8(14)9(3,12-10)4-5-13/h7,12-13H,4-6H2,1-3H3,(H,11,14). The van der Waals surface area contributed by atoms with Gasteiger partial charge in [0.15, 0.2) is 7.98 Å². The molecule has 0 aliphatic carbocycles. The first-order valence-corrected chi connectivity index (χ1v) is 4.83. The van der Waals surface area contributed by atoms with E-state index >= 15 is 0 Å². The Bertz CT molecular complexity index is 188. The predicted octanol–water partition coefficient (Wildman–Crippen LogP) is -0.427. The number of carbonyl (C=O) groups is 1. The Morgan fingerprint density at radius 3 is 2.50 bits per heavy atom. The fraction of sp³-hybridized carbons (Fsp3) is 0.889. The maximum atomic E-state index is 11.6. The predicted molar refractivity (Wildman–Crippen MR) is 56.8 cm³/mol. The van der Waals surface area contributed by atoms with Crippen molar-refractivity contribution in [1.82, 2.24) is 10.5 Å². The lowest BCUT2D eigenvalue weighted by Gasteiger charge is -2.28. The molecule has 1 amide bonds. The molecule has 0 heterocycles. The minimum absolute atomic E-state index is 0.0736. The van der Waals surface area contributed by atoms with Crippen molar-refractivity contribution in [2.24, 2.45) is 5.92 Å². The van der Waals surface area contributed by atoms with Crippen LogP contribution in [0.25, 0.3) is 0 Å². The Kier molecular flexibility index (Phi) is 5.80. The van der Waals surface area contributed by atoms with Gasteiger partial charge in [0, 0.05) is 13.2 Å². The molecule has 0 aromatic carbocycles. The zero-order chi connectivity index (χ0) is 11.2. The highest BCUT2D eigenvalue weighted by Crippen LogP contribution is 2.08. The van der Waals surface area contributed by atoms with Crippen LogP contribution >= 0.6 is 0 Å². The SMILES string of the molecule is [B]NC(C)(CCO)C(=O)NCC(C)C. The number of hydrogen-bond donors (Lipinski definition) is 3. The molecule has 0 aromatic rings. The molecule has 0 saturated carbocycles. The smallest absolute Gasteiger partial charge is 0.239 e. The third-order valence-corrected chi connectivity index (χ3v) is 2.10. The van der Waals surface area contributed by atoms with Crippen molar-refractivity contribution >= 4 is 13.9 Å². The number of aliphatic hydroxyl groups is 1. The van der Waals surface area contributed by atoms with E-state index in [-0.39, 0.29) is 12.5 Å². The maximum Gasteiger partial charge on any atom is 0.239 e. The van der Waals surface area contributed by atoms with Crippen LogP contribution in [0, 0.1) is 5.92 Å². The largest absolute Gasteiger partial charge is 0.396 e. The van der Waals surface area contributed by atoms with Crippen molar-refractivity contribution in [2.45, 2.75) is 32.7 Å². The number of aliphatic hydroxyl groups excluding tert-OH is 1. The van der Waals surface area contributed by atoms with Crippen LogP contribution in [0.4, 0.5) is 0 Å². The molecule has 4 nitrogen and oxygen atoms in total. The van der Waals surface area contributed by atoms with E-state index in [1.165, 1.54) is 0 Å². The molecule has 0 aliphatic rings. The average molecular weight is 198 g/mol. The highest BCUT2D eigenvalue weighted by atomic mass is 16.3. The molecule has 5 heteroatoms. The van der Waals surface area contributed by atoms with Crippen LogP contribution in [0.1, 0.15) is 27.2 Å². The summed E-state index contributed by atoms with van der Waals surface area (Å²) in [6.07, 6.45) is 0.299. The van der Waals surface area contributed by atoms with Crippen LogP contribution in [-0.2, 0) is 4.79 Å². The quantitative estimate of drug-likeness (QED) is 0.507. The van der Waals surface area contributed by atoms with Gasteiger partial charge in [0.1, 0.15) is 0 Å². The third kappa shape index (κ3) is 4.11. The molecule has 0 aliphatic heterocycles. The molecule has 0 rings (SSSR count). The van der Waals surface area contributed by atoms with E-state index in [9.17, 15) is 4.79 Å². The van der Waals surface area contributed by atoms with Crippen molar-refractivity contribution in [3.8, 4) is 0 Å². The van der Waals surface area contributed by atoms with E-state index in [4.69, 9.17) is 13.1 Å². The molecular weight excluding hydrogens is 179 g/mol. The normalized spacial score (nSPS) is 15.2. The van der Waals surface area contributed by atoms with Crippen molar-refractivity contribution in [2.75, 3.05) is 13.2 Å². The summed E-state index contributed by atoms with van der Waals surface area (Å²) in [7, 11) is 5.28. The first-order chi connectivity index (χ1) is 6.46. The van der Waals surface area contributed by atoms with Gasteiger partial charge in [0.2, 0.25) is 5.91 Å². The zero-order valence-electron chi connectivity index (χ0n) is 9.13. The van der Waals surface area contributed by atoms with E-state index in [1.54, 1.807) is 6.92 Å². The number of hydrogen-bond acceptors (Lipinski definition) is 3. The number of amides is 1. The summed E-state index contributed by atoms with van der Waals surface area (Å²) < 4.78 is 0. The van der Waals surface area contributed by atoms with Crippen molar-refractivity contribution < 1.29 is 9.90 Å². The second-order valence-electron chi connectivity index (χ2n) is 4.05. The highest BCUT2D eigenvalue weighted by Gasteiger charge is 2.29. The molecule has 0 bridgehead atoms. The molecule has 14 heavy (non-hydrogen) atoms. The van der Waals surface area contributed by atoms with Crippen LogP contribution < -0.4 is 10.5 Å². The summed E-state index contributed by atoms with van der Waals surface area (Å²) in [6.45, 7) is 6.23. The molecule has 80 valence electrons. The summed E-state index contributed by atoms with van der Waals surface area (Å²) in [4.78, 5) is 11.6. The molecule has 1 atom stereocenters. The van der Waals surface area contributed by atoms with Gasteiger partial charge in [0.05, 0.1) is 5.54 Å². The van der Waals surface area contributed by atoms with E-state index in [0.29, 0.717) is 18.9 Å². The molecule has 0 aromatic heterocycles.